The van der Waals surface area contributed by atoms with E-state index in [1.165, 1.54) is 23.9 Å². The Morgan fingerprint density at radius 3 is 2.68 bits per heavy atom. The number of benzene rings is 2. The number of halogens is 1. The van der Waals surface area contributed by atoms with Crippen molar-refractivity contribution in [3.05, 3.63) is 84.7 Å². The van der Waals surface area contributed by atoms with Gasteiger partial charge in [-0.25, -0.2) is 14.1 Å². The van der Waals surface area contributed by atoms with Gasteiger partial charge in [-0.15, -0.1) is 0 Å². The number of hydrogen-bond acceptors (Lipinski definition) is 4. The molecule has 0 aliphatic heterocycles. The third kappa shape index (κ3) is 3.81. The molecule has 1 N–H and O–H groups in total. The first kappa shape index (κ1) is 18.0. The molecule has 1 amide bonds. The molecule has 2 aromatic carbocycles. The van der Waals surface area contributed by atoms with Crippen LogP contribution in [-0.4, -0.2) is 25.2 Å². The summed E-state index contributed by atoms with van der Waals surface area (Å²) in [5.41, 5.74) is 1.45. The molecule has 0 saturated heterocycles. The van der Waals surface area contributed by atoms with E-state index in [-0.39, 0.29) is 5.69 Å². The van der Waals surface area contributed by atoms with Gasteiger partial charge in [-0.3, -0.25) is 4.79 Å². The molecule has 0 aliphatic rings. The molecule has 4 aromatic rings. The zero-order valence-electron chi connectivity index (χ0n) is 14.9. The SMILES string of the molecule is Cn1ccnc1Sc1ccc(F)cc1NC(=O)c1ccn(-c2ccccc2)n1. The number of aromatic nitrogens is 4. The van der Waals surface area contributed by atoms with Gasteiger partial charge in [0.25, 0.3) is 5.91 Å². The highest BCUT2D eigenvalue weighted by atomic mass is 32.2. The maximum Gasteiger partial charge on any atom is 0.276 e. The van der Waals surface area contributed by atoms with Crippen molar-refractivity contribution in [2.75, 3.05) is 5.32 Å². The van der Waals surface area contributed by atoms with Gasteiger partial charge in [0.2, 0.25) is 0 Å². The summed E-state index contributed by atoms with van der Waals surface area (Å²) in [5.74, 6) is -0.851. The Bertz CT molecular complexity index is 1120. The topological polar surface area (TPSA) is 64.7 Å². The lowest BCUT2D eigenvalue weighted by atomic mass is 10.3. The maximum absolute atomic E-state index is 13.8. The highest BCUT2D eigenvalue weighted by Gasteiger charge is 2.15. The van der Waals surface area contributed by atoms with Crippen molar-refractivity contribution in [1.82, 2.24) is 19.3 Å². The van der Waals surface area contributed by atoms with Crippen molar-refractivity contribution in [2.24, 2.45) is 7.05 Å². The van der Waals surface area contributed by atoms with Gasteiger partial charge >= 0.3 is 0 Å². The molecule has 0 radical (unpaired) electrons. The zero-order valence-corrected chi connectivity index (χ0v) is 15.7. The number of rotatable bonds is 5. The lowest BCUT2D eigenvalue weighted by molar-refractivity contribution is 0.102. The Balaban J connectivity index is 1.57. The second-order valence-corrected chi connectivity index (χ2v) is 7.01. The van der Waals surface area contributed by atoms with E-state index in [2.05, 4.69) is 15.4 Å². The molecule has 0 bridgehead atoms. The molecule has 140 valence electrons. The highest BCUT2D eigenvalue weighted by Crippen LogP contribution is 2.33. The van der Waals surface area contributed by atoms with Gasteiger partial charge in [0.15, 0.2) is 10.9 Å². The van der Waals surface area contributed by atoms with E-state index in [0.29, 0.717) is 10.6 Å². The maximum atomic E-state index is 13.8. The number of nitrogens with one attached hydrogen (secondary N) is 1. The van der Waals surface area contributed by atoms with Crippen LogP contribution in [0.15, 0.2) is 83.2 Å². The van der Waals surface area contributed by atoms with E-state index >= 15 is 0 Å². The van der Waals surface area contributed by atoms with Crippen LogP contribution in [0.5, 0.6) is 0 Å². The lowest BCUT2D eigenvalue weighted by Gasteiger charge is -2.10. The van der Waals surface area contributed by atoms with Crippen LogP contribution in [0.1, 0.15) is 10.5 Å². The minimum Gasteiger partial charge on any atom is -0.329 e. The van der Waals surface area contributed by atoms with Crippen LogP contribution in [0, 0.1) is 5.82 Å². The van der Waals surface area contributed by atoms with E-state index in [1.807, 2.05) is 48.1 Å². The van der Waals surface area contributed by atoms with Gasteiger partial charge < -0.3 is 9.88 Å². The molecule has 0 fully saturated rings. The van der Waals surface area contributed by atoms with Crippen LogP contribution in [0.4, 0.5) is 10.1 Å². The molecule has 0 atom stereocenters. The number of aryl methyl sites for hydroxylation is 1. The standard InChI is InChI=1S/C20H16FN5OS/c1-25-12-10-22-20(25)28-18-8-7-14(21)13-17(18)23-19(27)16-9-11-26(24-16)15-5-3-2-4-6-15/h2-13H,1H3,(H,23,27). The molecule has 28 heavy (non-hydrogen) atoms. The lowest BCUT2D eigenvalue weighted by Crippen LogP contribution is -2.14. The second kappa shape index (κ2) is 7.69. The molecular weight excluding hydrogens is 377 g/mol. The predicted octanol–water partition coefficient (Wildman–Crippen LogP) is 4.15. The normalized spacial score (nSPS) is 10.8. The van der Waals surface area contributed by atoms with E-state index in [0.717, 1.165) is 10.8 Å². The van der Waals surface area contributed by atoms with Crippen LogP contribution in [0.2, 0.25) is 0 Å². The summed E-state index contributed by atoms with van der Waals surface area (Å²) in [5, 5.41) is 7.79. The number of para-hydroxylation sites is 1. The summed E-state index contributed by atoms with van der Waals surface area (Å²) < 4.78 is 17.2. The molecule has 0 aliphatic carbocycles. The van der Waals surface area contributed by atoms with Gasteiger partial charge in [0, 0.05) is 30.5 Å². The number of amides is 1. The van der Waals surface area contributed by atoms with Gasteiger partial charge in [0.1, 0.15) is 5.82 Å². The number of imidazole rings is 1. The fraction of sp³-hybridized carbons (Fsp3) is 0.0500. The Hall–Kier alpha value is -3.39. The average molecular weight is 393 g/mol. The number of anilines is 1. The van der Waals surface area contributed by atoms with Crippen LogP contribution >= 0.6 is 11.8 Å². The summed E-state index contributed by atoms with van der Waals surface area (Å²) in [6, 6.07) is 15.4. The molecule has 0 spiro atoms. The quantitative estimate of drug-likeness (QED) is 0.553. The molecule has 8 heteroatoms. The zero-order chi connectivity index (χ0) is 19.5. The minimum absolute atomic E-state index is 0.237. The van der Waals surface area contributed by atoms with E-state index in [4.69, 9.17) is 0 Å². The average Bonchev–Trinajstić information content (AvgIpc) is 3.34. The van der Waals surface area contributed by atoms with Crippen molar-refractivity contribution in [1.29, 1.82) is 0 Å². The van der Waals surface area contributed by atoms with Crippen LogP contribution < -0.4 is 5.32 Å². The summed E-state index contributed by atoms with van der Waals surface area (Å²) in [7, 11) is 1.87. The second-order valence-electron chi connectivity index (χ2n) is 6.00. The number of hydrogen-bond donors (Lipinski definition) is 1. The summed E-state index contributed by atoms with van der Waals surface area (Å²) in [6.45, 7) is 0. The summed E-state index contributed by atoms with van der Waals surface area (Å²) in [4.78, 5) is 17.6. The van der Waals surface area contributed by atoms with Gasteiger partial charge in [-0.05, 0) is 48.2 Å². The van der Waals surface area contributed by atoms with Gasteiger partial charge in [-0.1, -0.05) is 18.2 Å². The highest BCUT2D eigenvalue weighted by molar-refractivity contribution is 7.99. The number of carbonyl (C=O) groups excluding carboxylic acids is 1. The first-order valence-electron chi connectivity index (χ1n) is 8.47. The van der Waals surface area contributed by atoms with E-state index in [9.17, 15) is 9.18 Å². The molecule has 4 rings (SSSR count). The first-order chi connectivity index (χ1) is 13.6. The van der Waals surface area contributed by atoms with Crippen LogP contribution in [0.25, 0.3) is 5.69 Å². The molecular formula is C20H16FN5OS. The predicted molar refractivity (Wildman–Crippen MR) is 105 cm³/mol. The molecule has 0 saturated carbocycles. The molecule has 6 nitrogen and oxygen atoms in total. The third-order valence-corrected chi connectivity index (χ3v) is 5.16. The van der Waals surface area contributed by atoms with Crippen molar-refractivity contribution < 1.29 is 9.18 Å². The van der Waals surface area contributed by atoms with Crippen molar-refractivity contribution in [3.8, 4) is 5.69 Å². The molecule has 2 heterocycles. The summed E-state index contributed by atoms with van der Waals surface area (Å²) in [6.07, 6.45) is 5.21. The fourth-order valence-corrected chi connectivity index (χ4v) is 3.46. The Morgan fingerprint density at radius 2 is 1.93 bits per heavy atom. The molecule has 2 aromatic heterocycles. The monoisotopic (exact) mass is 393 g/mol. The number of carbonyl (C=O) groups is 1. The minimum atomic E-state index is -0.436. The first-order valence-corrected chi connectivity index (χ1v) is 9.29. The fourth-order valence-electron chi connectivity index (χ4n) is 2.59. The third-order valence-electron chi connectivity index (χ3n) is 4.01. The van der Waals surface area contributed by atoms with Crippen LogP contribution in [0.3, 0.4) is 0 Å². The Labute approximate surface area is 165 Å². The van der Waals surface area contributed by atoms with Crippen molar-refractivity contribution in [2.45, 2.75) is 10.1 Å². The Morgan fingerprint density at radius 1 is 1.11 bits per heavy atom. The summed E-state index contributed by atoms with van der Waals surface area (Å²) >= 11 is 1.34. The van der Waals surface area contributed by atoms with E-state index in [1.54, 1.807) is 29.2 Å². The smallest absolute Gasteiger partial charge is 0.276 e. The number of nitrogens with zero attached hydrogens (tertiary/aromatic N) is 4. The largest absolute Gasteiger partial charge is 0.329 e. The Kier molecular flexibility index (Phi) is 4.94. The van der Waals surface area contributed by atoms with Crippen LogP contribution in [-0.2, 0) is 7.05 Å². The van der Waals surface area contributed by atoms with Crippen molar-refractivity contribution in [3.63, 3.8) is 0 Å². The van der Waals surface area contributed by atoms with E-state index < -0.39 is 11.7 Å². The molecule has 0 unspecified atom stereocenters. The van der Waals surface area contributed by atoms with Gasteiger partial charge in [0.05, 0.1) is 11.4 Å². The van der Waals surface area contributed by atoms with Gasteiger partial charge in [-0.2, -0.15) is 5.10 Å². The van der Waals surface area contributed by atoms with Crippen molar-refractivity contribution >= 4 is 23.4 Å².